The van der Waals surface area contributed by atoms with E-state index >= 15 is 0 Å². The van der Waals surface area contributed by atoms with E-state index in [0.717, 1.165) is 16.9 Å². The van der Waals surface area contributed by atoms with Crippen LogP contribution in [0, 0.1) is 0 Å². The molecule has 0 radical (unpaired) electrons. The van der Waals surface area contributed by atoms with Crippen molar-refractivity contribution in [3.8, 4) is 0 Å². The summed E-state index contributed by atoms with van der Waals surface area (Å²) < 4.78 is 32.8. The Kier molecular flexibility index (Phi) is 4.95. The summed E-state index contributed by atoms with van der Waals surface area (Å²) in [6.45, 7) is 0.277. The van der Waals surface area contributed by atoms with Crippen LogP contribution in [0.5, 0.6) is 0 Å². The Morgan fingerprint density at radius 1 is 1.09 bits per heavy atom. The van der Waals surface area contributed by atoms with E-state index in [9.17, 15) is 8.42 Å². The Labute approximate surface area is 139 Å². The maximum atomic E-state index is 12.3. The highest BCUT2D eigenvalue weighted by atomic mass is 32.2. The first kappa shape index (κ1) is 16.0. The predicted octanol–water partition coefficient (Wildman–Crippen LogP) is 3.59. The van der Waals surface area contributed by atoms with Crippen molar-refractivity contribution in [2.45, 2.75) is 11.7 Å². The number of nitrogens with one attached hydrogen (secondary N) is 1. The molecule has 0 aliphatic heterocycles. The second-order valence-electron chi connectivity index (χ2n) is 5.22. The van der Waals surface area contributed by atoms with Gasteiger partial charge in [0.2, 0.25) is 10.0 Å². The van der Waals surface area contributed by atoms with Crippen molar-refractivity contribution in [1.29, 1.82) is 0 Å². The van der Waals surface area contributed by atoms with E-state index in [1.807, 2.05) is 59.3 Å². The van der Waals surface area contributed by atoms with Crippen LogP contribution >= 0.6 is 11.3 Å². The van der Waals surface area contributed by atoms with Crippen LogP contribution < -0.4 is 4.72 Å². The molecule has 0 aliphatic rings. The number of thiophene rings is 1. The zero-order valence-corrected chi connectivity index (χ0v) is 14.0. The summed E-state index contributed by atoms with van der Waals surface area (Å²) in [5.74, 6) is 0.607. The third-order valence-electron chi connectivity index (χ3n) is 3.54. The van der Waals surface area contributed by atoms with Gasteiger partial charge in [-0.15, -0.1) is 0 Å². The third-order valence-corrected chi connectivity index (χ3v) is 5.56. The van der Waals surface area contributed by atoms with Gasteiger partial charge in [0.15, 0.2) is 0 Å². The summed E-state index contributed by atoms with van der Waals surface area (Å²) in [6.07, 6.45) is 1.60. The average molecular weight is 347 g/mol. The molecule has 1 aromatic carbocycles. The topological polar surface area (TPSA) is 59.3 Å². The zero-order chi connectivity index (χ0) is 16.1. The van der Waals surface area contributed by atoms with Gasteiger partial charge in [-0.1, -0.05) is 30.3 Å². The van der Waals surface area contributed by atoms with Crippen molar-refractivity contribution in [2.75, 3.05) is 6.54 Å². The highest BCUT2D eigenvalue weighted by Crippen LogP contribution is 2.26. The van der Waals surface area contributed by atoms with Gasteiger partial charge in [-0.2, -0.15) is 11.3 Å². The average Bonchev–Trinajstić information content (AvgIpc) is 3.21. The smallest absolute Gasteiger partial charge is 0.215 e. The number of hydrogen-bond donors (Lipinski definition) is 1. The van der Waals surface area contributed by atoms with Crippen molar-refractivity contribution in [2.24, 2.45) is 0 Å². The van der Waals surface area contributed by atoms with E-state index in [0.29, 0.717) is 0 Å². The molecule has 1 N–H and O–H groups in total. The molecule has 23 heavy (non-hydrogen) atoms. The SMILES string of the molecule is O=S(=O)(Cc1ccccc1)NCC(c1ccsc1)c1ccco1. The number of furan rings is 1. The highest BCUT2D eigenvalue weighted by Gasteiger charge is 2.20. The van der Waals surface area contributed by atoms with Crippen molar-refractivity contribution in [3.05, 3.63) is 82.4 Å². The lowest BCUT2D eigenvalue weighted by Gasteiger charge is -2.15. The summed E-state index contributed by atoms with van der Waals surface area (Å²) >= 11 is 1.58. The molecule has 2 aromatic heterocycles. The van der Waals surface area contributed by atoms with Crippen LogP contribution in [0.2, 0.25) is 0 Å². The fourth-order valence-corrected chi connectivity index (χ4v) is 4.27. The van der Waals surface area contributed by atoms with Crippen LogP contribution in [0.4, 0.5) is 0 Å². The largest absolute Gasteiger partial charge is 0.469 e. The van der Waals surface area contributed by atoms with Gasteiger partial charge in [-0.25, -0.2) is 13.1 Å². The quantitative estimate of drug-likeness (QED) is 0.710. The number of benzene rings is 1. The van der Waals surface area contributed by atoms with Gasteiger partial charge in [-0.05, 0) is 40.1 Å². The molecular formula is C17H17NO3S2. The Balaban J connectivity index is 1.71. The normalized spacial score (nSPS) is 13.0. The van der Waals surface area contributed by atoms with E-state index in [-0.39, 0.29) is 18.2 Å². The second kappa shape index (κ2) is 7.12. The third kappa shape index (κ3) is 4.31. The van der Waals surface area contributed by atoms with E-state index in [1.54, 1.807) is 17.6 Å². The minimum atomic E-state index is -3.40. The Bertz CT molecular complexity index is 776. The molecule has 0 saturated heterocycles. The van der Waals surface area contributed by atoms with Crippen LogP contribution in [0.25, 0.3) is 0 Å². The van der Waals surface area contributed by atoms with Crippen molar-refractivity contribution in [3.63, 3.8) is 0 Å². The minimum absolute atomic E-state index is 0.0254. The van der Waals surface area contributed by atoms with Crippen LogP contribution in [0.3, 0.4) is 0 Å². The van der Waals surface area contributed by atoms with Gasteiger partial charge in [0.25, 0.3) is 0 Å². The summed E-state index contributed by atoms with van der Waals surface area (Å²) in [5, 5.41) is 3.99. The van der Waals surface area contributed by atoms with Crippen molar-refractivity contribution < 1.29 is 12.8 Å². The monoisotopic (exact) mass is 347 g/mol. The molecule has 0 fully saturated rings. The van der Waals surface area contributed by atoms with Gasteiger partial charge in [0.1, 0.15) is 5.76 Å². The molecule has 3 aromatic rings. The van der Waals surface area contributed by atoms with Crippen molar-refractivity contribution in [1.82, 2.24) is 4.72 Å². The molecule has 6 heteroatoms. The second-order valence-corrected chi connectivity index (χ2v) is 7.80. The minimum Gasteiger partial charge on any atom is -0.469 e. The fourth-order valence-electron chi connectivity index (χ4n) is 2.40. The standard InChI is InChI=1S/C17H17NO3S2/c19-23(20,13-14-5-2-1-3-6-14)18-11-16(15-8-10-22-12-15)17-7-4-9-21-17/h1-10,12,16,18H,11,13H2. The maximum absolute atomic E-state index is 12.3. The Morgan fingerprint density at radius 3 is 2.57 bits per heavy atom. The van der Waals surface area contributed by atoms with E-state index < -0.39 is 10.0 Å². The first-order valence-corrected chi connectivity index (χ1v) is 9.80. The van der Waals surface area contributed by atoms with Crippen LogP contribution in [-0.2, 0) is 15.8 Å². The molecule has 0 saturated carbocycles. The van der Waals surface area contributed by atoms with E-state index in [4.69, 9.17) is 4.42 Å². The van der Waals surface area contributed by atoms with E-state index in [1.165, 1.54) is 0 Å². The maximum Gasteiger partial charge on any atom is 0.215 e. The fraction of sp³-hybridized carbons (Fsp3) is 0.176. The molecular weight excluding hydrogens is 330 g/mol. The first-order chi connectivity index (χ1) is 11.1. The number of hydrogen-bond acceptors (Lipinski definition) is 4. The molecule has 0 aliphatic carbocycles. The summed E-state index contributed by atoms with van der Waals surface area (Å²) in [5.41, 5.74) is 1.82. The Morgan fingerprint density at radius 2 is 1.91 bits per heavy atom. The lowest BCUT2D eigenvalue weighted by Crippen LogP contribution is -2.29. The predicted molar refractivity (Wildman–Crippen MR) is 91.9 cm³/mol. The zero-order valence-electron chi connectivity index (χ0n) is 12.4. The lowest BCUT2D eigenvalue weighted by atomic mass is 10.00. The molecule has 4 nitrogen and oxygen atoms in total. The summed E-state index contributed by atoms with van der Waals surface area (Å²) in [6, 6.07) is 14.8. The molecule has 2 heterocycles. The lowest BCUT2D eigenvalue weighted by molar-refractivity contribution is 0.481. The summed E-state index contributed by atoms with van der Waals surface area (Å²) in [7, 11) is -3.40. The van der Waals surface area contributed by atoms with Gasteiger partial charge in [0, 0.05) is 6.54 Å². The molecule has 3 rings (SSSR count). The van der Waals surface area contributed by atoms with Gasteiger partial charge in [0.05, 0.1) is 17.9 Å². The summed E-state index contributed by atoms with van der Waals surface area (Å²) in [4.78, 5) is 0. The van der Waals surface area contributed by atoms with Gasteiger partial charge in [-0.3, -0.25) is 0 Å². The number of sulfonamides is 1. The van der Waals surface area contributed by atoms with Crippen LogP contribution in [-0.4, -0.2) is 15.0 Å². The first-order valence-electron chi connectivity index (χ1n) is 7.21. The molecule has 0 spiro atoms. The molecule has 1 atom stereocenters. The number of rotatable bonds is 7. The molecule has 0 bridgehead atoms. The highest BCUT2D eigenvalue weighted by molar-refractivity contribution is 7.88. The van der Waals surface area contributed by atoms with E-state index in [2.05, 4.69) is 4.72 Å². The molecule has 0 amide bonds. The Hall–Kier alpha value is -1.89. The van der Waals surface area contributed by atoms with Gasteiger partial charge >= 0.3 is 0 Å². The van der Waals surface area contributed by atoms with Crippen LogP contribution in [0.15, 0.2) is 70.0 Å². The molecule has 120 valence electrons. The van der Waals surface area contributed by atoms with Gasteiger partial charge < -0.3 is 4.42 Å². The molecule has 1 unspecified atom stereocenters. The van der Waals surface area contributed by atoms with Crippen molar-refractivity contribution >= 4 is 21.4 Å². The van der Waals surface area contributed by atoms with Crippen LogP contribution in [0.1, 0.15) is 22.8 Å².